The van der Waals surface area contributed by atoms with Crippen LogP contribution in [-0.2, 0) is 19.1 Å². The average Bonchev–Trinajstić information content (AvgIpc) is 2.63. The van der Waals surface area contributed by atoms with Gasteiger partial charge in [0, 0.05) is 36.3 Å². The molecule has 0 aromatic heterocycles. The van der Waals surface area contributed by atoms with Crippen molar-refractivity contribution in [2.24, 2.45) is 11.8 Å². The number of hydrogen-bond donors (Lipinski definition) is 0. The summed E-state index contributed by atoms with van der Waals surface area (Å²) in [6.45, 7) is 4.90. The van der Waals surface area contributed by atoms with Crippen LogP contribution in [0, 0.1) is 25.7 Å². The zero-order chi connectivity index (χ0) is 20.3. The van der Waals surface area contributed by atoms with Gasteiger partial charge in [-0.05, 0) is 49.6 Å². The molecule has 0 heterocycles. The van der Waals surface area contributed by atoms with E-state index in [0.29, 0.717) is 5.76 Å². The Balaban J connectivity index is 1.81. The van der Waals surface area contributed by atoms with Crippen LogP contribution in [0.1, 0.15) is 51.6 Å². The monoisotopic (exact) mass is 378 g/mol. The lowest BCUT2D eigenvalue weighted by molar-refractivity contribution is -0.138. The Bertz CT molecular complexity index is 1070. The van der Waals surface area contributed by atoms with E-state index in [-0.39, 0.29) is 35.1 Å². The van der Waals surface area contributed by atoms with Crippen molar-refractivity contribution in [3.63, 3.8) is 0 Å². The molecule has 0 fully saturated rings. The summed E-state index contributed by atoms with van der Waals surface area (Å²) in [4.78, 5) is 63.5. The summed E-state index contributed by atoms with van der Waals surface area (Å²) in [5.74, 6) is -3.82. The maximum absolute atomic E-state index is 13.1. The van der Waals surface area contributed by atoms with Crippen molar-refractivity contribution in [1.29, 1.82) is 0 Å². The van der Waals surface area contributed by atoms with E-state index in [1.54, 1.807) is 18.2 Å². The topological polar surface area (TPSA) is 94.6 Å². The normalized spacial score (nSPS) is 23.8. The van der Waals surface area contributed by atoms with E-state index < -0.39 is 40.9 Å². The van der Waals surface area contributed by atoms with Crippen LogP contribution in [-0.4, -0.2) is 29.1 Å². The van der Waals surface area contributed by atoms with Gasteiger partial charge in [0.1, 0.15) is 5.76 Å². The number of aryl methyl sites for hydroxylation is 2. The van der Waals surface area contributed by atoms with Crippen LogP contribution in [0.4, 0.5) is 0 Å². The van der Waals surface area contributed by atoms with Crippen LogP contribution in [0.15, 0.2) is 35.1 Å². The first-order valence-electron chi connectivity index (χ1n) is 9.11. The van der Waals surface area contributed by atoms with E-state index >= 15 is 0 Å². The number of Topliss-reactive ketones (excluding diaryl/α,β-unsaturated/α-hetero) is 4. The highest BCUT2D eigenvalue weighted by atomic mass is 16.5. The number of benzene rings is 1. The van der Waals surface area contributed by atoms with Crippen LogP contribution in [0.25, 0.3) is 0 Å². The lowest BCUT2D eigenvalue weighted by atomic mass is 9.64. The predicted octanol–water partition coefficient (Wildman–Crippen LogP) is 2.60. The third-order valence-electron chi connectivity index (χ3n) is 5.77. The maximum atomic E-state index is 13.1. The number of ketones is 4. The molecule has 1 aromatic rings. The van der Waals surface area contributed by atoms with Crippen molar-refractivity contribution >= 4 is 29.1 Å². The lowest BCUT2D eigenvalue weighted by Gasteiger charge is -2.35. The largest absolute Gasteiger partial charge is 0.432 e. The van der Waals surface area contributed by atoms with Gasteiger partial charge in [-0.15, -0.1) is 0 Å². The van der Waals surface area contributed by atoms with Crippen LogP contribution in [0.5, 0.6) is 0 Å². The molecule has 4 rings (SSSR count). The van der Waals surface area contributed by atoms with Gasteiger partial charge >= 0.3 is 5.97 Å². The van der Waals surface area contributed by atoms with Crippen molar-refractivity contribution < 1.29 is 28.7 Å². The molecule has 6 heteroatoms. The van der Waals surface area contributed by atoms with Crippen molar-refractivity contribution in [2.75, 3.05) is 0 Å². The van der Waals surface area contributed by atoms with Gasteiger partial charge in [0.05, 0.1) is 11.1 Å². The summed E-state index contributed by atoms with van der Waals surface area (Å²) >= 11 is 0. The molecule has 6 nitrogen and oxygen atoms in total. The van der Waals surface area contributed by atoms with Crippen LogP contribution < -0.4 is 0 Å². The first kappa shape index (κ1) is 18.2. The van der Waals surface area contributed by atoms with Gasteiger partial charge in [-0.3, -0.25) is 24.0 Å². The maximum Gasteiger partial charge on any atom is 0.307 e. The number of esters is 1. The van der Waals surface area contributed by atoms with Gasteiger partial charge in [-0.1, -0.05) is 0 Å². The Morgan fingerprint density at radius 1 is 0.893 bits per heavy atom. The molecule has 0 N–H and O–H groups in total. The molecule has 28 heavy (non-hydrogen) atoms. The highest BCUT2D eigenvalue weighted by molar-refractivity contribution is 6.45. The SMILES string of the molecule is CC(=O)OC1=CCC2C(=O)C3=C(C(=O)c4cc(C)c(C)cc4C3=O)C(=O)C2C1. The number of rotatable bonds is 1. The first-order chi connectivity index (χ1) is 13.2. The van der Waals surface area contributed by atoms with Crippen molar-refractivity contribution in [1.82, 2.24) is 0 Å². The molecule has 3 aliphatic carbocycles. The number of hydrogen-bond acceptors (Lipinski definition) is 6. The molecular weight excluding hydrogens is 360 g/mol. The van der Waals surface area contributed by atoms with E-state index in [1.165, 1.54) is 6.92 Å². The standard InChI is InChI=1S/C22H18O6/c1-9-6-14-15(7-10(9)2)21(26)18-17(20(14)25)19(24)13-5-4-12(28-11(3)23)8-16(13)22(18)27/h4,6-7,13,16H,5,8H2,1-3H3. The number of carbonyl (C=O) groups is 5. The van der Waals surface area contributed by atoms with Crippen molar-refractivity contribution in [3.05, 3.63) is 57.4 Å². The zero-order valence-electron chi connectivity index (χ0n) is 15.8. The molecular formula is C22H18O6. The van der Waals surface area contributed by atoms with E-state index in [0.717, 1.165) is 11.1 Å². The molecule has 3 aliphatic rings. The number of ether oxygens (including phenoxy) is 1. The van der Waals surface area contributed by atoms with Crippen molar-refractivity contribution in [2.45, 2.75) is 33.6 Å². The Morgan fingerprint density at radius 2 is 1.39 bits per heavy atom. The second-order valence-corrected chi connectivity index (χ2v) is 7.54. The summed E-state index contributed by atoms with van der Waals surface area (Å²) in [6.07, 6.45) is 1.86. The molecule has 0 bridgehead atoms. The highest BCUT2D eigenvalue weighted by Crippen LogP contribution is 2.43. The Kier molecular flexibility index (Phi) is 4.03. The van der Waals surface area contributed by atoms with Gasteiger partial charge in [0.2, 0.25) is 0 Å². The third kappa shape index (κ3) is 2.52. The molecule has 1 aromatic carbocycles. The summed E-state index contributed by atoms with van der Waals surface area (Å²) in [6, 6.07) is 3.21. The summed E-state index contributed by atoms with van der Waals surface area (Å²) in [5, 5.41) is 0. The Hall–Kier alpha value is -3.15. The minimum absolute atomic E-state index is 0.0624. The smallest absolute Gasteiger partial charge is 0.307 e. The minimum Gasteiger partial charge on any atom is -0.432 e. The van der Waals surface area contributed by atoms with Crippen molar-refractivity contribution in [3.8, 4) is 0 Å². The summed E-state index contributed by atoms with van der Waals surface area (Å²) in [5.41, 5.74) is 1.42. The van der Waals surface area contributed by atoms with E-state index in [2.05, 4.69) is 0 Å². The minimum atomic E-state index is -0.796. The molecule has 2 atom stereocenters. The molecule has 0 aliphatic heterocycles. The number of carbonyl (C=O) groups excluding carboxylic acids is 5. The second kappa shape index (κ2) is 6.19. The van der Waals surface area contributed by atoms with Gasteiger partial charge in [-0.2, -0.15) is 0 Å². The molecule has 142 valence electrons. The molecule has 2 unspecified atom stereocenters. The fourth-order valence-corrected chi connectivity index (χ4v) is 4.23. The lowest BCUT2D eigenvalue weighted by Crippen LogP contribution is -2.45. The van der Waals surface area contributed by atoms with Crippen LogP contribution in [0.2, 0.25) is 0 Å². The van der Waals surface area contributed by atoms with Gasteiger partial charge in [-0.25, -0.2) is 0 Å². The fourth-order valence-electron chi connectivity index (χ4n) is 4.23. The fraction of sp³-hybridized carbons (Fsp3) is 0.318. The zero-order valence-corrected chi connectivity index (χ0v) is 15.8. The third-order valence-corrected chi connectivity index (χ3v) is 5.77. The molecule has 0 amide bonds. The van der Waals surface area contributed by atoms with Gasteiger partial charge in [0.15, 0.2) is 23.1 Å². The quantitative estimate of drug-likeness (QED) is 0.551. The number of allylic oxidation sites excluding steroid dienone is 4. The van der Waals surface area contributed by atoms with Crippen LogP contribution in [0.3, 0.4) is 0 Å². The van der Waals surface area contributed by atoms with Crippen LogP contribution >= 0.6 is 0 Å². The van der Waals surface area contributed by atoms with Gasteiger partial charge < -0.3 is 4.74 Å². The molecule has 0 saturated heterocycles. The highest BCUT2D eigenvalue weighted by Gasteiger charge is 2.51. The second-order valence-electron chi connectivity index (χ2n) is 7.54. The Labute approximate surface area is 161 Å². The molecule has 0 saturated carbocycles. The molecule has 0 radical (unpaired) electrons. The van der Waals surface area contributed by atoms with E-state index in [9.17, 15) is 24.0 Å². The predicted molar refractivity (Wildman–Crippen MR) is 97.7 cm³/mol. The first-order valence-corrected chi connectivity index (χ1v) is 9.11. The average molecular weight is 378 g/mol. The Morgan fingerprint density at radius 3 is 1.89 bits per heavy atom. The van der Waals surface area contributed by atoms with Gasteiger partial charge in [0.25, 0.3) is 0 Å². The van der Waals surface area contributed by atoms with E-state index in [1.807, 2.05) is 13.8 Å². The molecule has 0 spiro atoms. The summed E-state index contributed by atoms with van der Waals surface area (Å²) < 4.78 is 5.08. The summed E-state index contributed by atoms with van der Waals surface area (Å²) in [7, 11) is 0. The number of fused-ring (bicyclic) bond motifs is 2. The van der Waals surface area contributed by atoms with E-state index in [4.69, 9.17) is 4.74 Å².